The fourth-order valence-corrected chi connectivity index (χ4v) is 3.37. The molecule has 0 atom stereocenters. The molecule has 0 aliphatic carbocycles. The first-order valence-corrected chi connectivity index (χ1v) is 12.1. The van der Waals surface area contributed by atoms with Crippen LogP contribution >= 0.6 is 22.9 Å². The van der Waals surface area contributed by atoms with E-state index in [0.29, 0.717) is 0 Å². The van der Waals surface area contributed by atoms with Crippen LogP contribution in [-0.4, -0.2) is 60.0 Å². The predicted octanol–water partition coefficient (Wildman–Crippen LogP) is 5.02. The van der Waals surface area contributed by atoms with Crippen LogP contribution in [0, 0.1) is 13.8 Å². The maximum atomic E-state index is 10.9. The van der Waals surface area contributed by atoms with Crippen molar-refractivity contribution in [3.63, 3.8) is 0 Å². The van der Waals surface area contributed by atoms with E-state index in [0.717, 1.165) is 34.9 Å². The van der Waals surface area contributed by atoms with E-state index in [-0.39, 0.29) is 38.3 Å². The Morgan fingerprint density at radius 3 is 2.37 bits per heavy atom. The van der Waals surface area contributed by atoms with Gasteiger partial charge in [-0.3, -0.25) is 14.4 Å². The number of aromatic nitrogens is 1. The van der Waals surface area contributed by atoms with Gasteiger partial charge < -0.3 is 14.4 Å². The lowest BCUT2D eigenvalue weighted by Gasteiger charge is -2.11. The van der Waals surface area contributed by atoms with Crippen molar-refractivity contribution in [1.29, 1.82) is 0 Å². The van der Waals surface area contributed by atoms with E-state index in [2.05, 4.69) is 47.6 Å². The number of alkyl halides is 1. The molecule has 1 aromatic carbocycles. The highest BCUT2D eigenvalue weighted by Crippen LogP contribution is 2.26. The highest BCUT2D eigenvalue weighted by Gasteiger charge is 2.09. The second-order valence-electron chi connectivity index (χ2n) is 7.53. The number of thiazole rings is 1. The number of ketones is 1. The summed E-state index contributed by atoms with van der Waals surface area (Å²) in [4.78, 5) is 42.4. The van der Waals surface area contributed by atoms with E-state index >= 15 is 0 Å². The molecule has 0 N–H and O–H groups in total. The normalized spacial score (nSPS) is 10.1. The average molecular weight is 526 g/mol. The molecule has 35 heavy (non-hydrogen) atoms. The van der Waals surface area contributed by atoms with Crippen molar-refractivity contribution in [3.05, 3.63) is 44.9 Å². The zero-order valence-electron chi connectivity index (χ0n) is 20.5. The Balaban J connectivity index is 0.000000989. The van der Waals surface area contributed by atoms with E-state index in [9.17, 15) is 14.4 Å². The zero-order chi connectivity index (χ0) is 25.7. The molecule has 0 bridgehead atoms. The lowest BCUT2D eigenvalue weighted by molar-refractivity contribution is -0.145. The molecular formula is C25H36ClN3O5S. The number of hydrogen-bond acceptors (Lipinski definition) is 8. The SMILES string of the molecule is C.CC(=O)OCC(=O)CCl.CCN(C)C=Nc1cc(C)c(Cc2nc(COC(C)=O)cs2)cc1C. The summed E-state index contributed by atoms with van der Waals surface area (Å²) in [7, 11) is 2.01. The summed E-state index contributed by atoms with van der Waals surface area (Å²) >= 11 is 6.69. The molecule has 10 heteroatoms. The van der Waals surface area contributed by atoms with Gasteiger partial charge in [-0.1, -0.05) is 13.5 Å². The van der Waals surface area contributed by atoms with Gasteiger partial charge in [-0.25, -0.2) is 9.98 Å². The second kappa shape index (κ2) is 16.8. The smallest absolute Gasteiger partial charge is 0.303 e. The van der Waals surface area contributed by atoms with Gasteiger partial charge in [0.15, 0.2) is 12.4 Å². The van der Waals surface area contributed by atoms with Crippen LogP contribution in [0.4, 0.5) is 5.69 Å². The molecule has 8 nitrogen and oxygen atoms in total. The van der Waals surface area contributed by atoms with Gasteiger partial charge in [-0.15, -0.1) is 22.9 Å². The van der Waals surface area contributed by atoms with Gasteiger partial charge in [0, 0.05) is 39.2 Å². The molecule has 2 aromatic rings. The van der Waals surface area contributed by atoms with Crippen molar-refractivity contribution >= 4 is 52.7 Å². The Labute approximate surface area is 217 Å². The number of aryl methyl sites for hydroxylation is 2. The van der Waals surface area contributed by atoms with Crippen LogP contribution in [0.2, 0.25) is 0 Å². The van der Waals surface area contributed by atoms with Crippen molar-refractivity contribution in [2.45, 2.75) is 55.1 Å². The molecule has 194 valence electrons. The molecule has 1 aromatic heterocycles. The third-order valence-electron chi connectivity index (χ3n) is 4.50. The predicted molar refractivity (Wildman–Crippen MR) is 142 cm³/mol. The lowest BCUT2D eigenvalue weighted by atomic mass is 10.0. The Morgan fingerprint density at radius 2 is 1.80 bits per heavy atom. The van der Waals surface area contributed by atoms with Gasteiger partial charge in [0.05, 0.1) is 28.6 Å². The van der Waals surface area contributed by atoms with Gasteiger partial charge in [-0.05, 0) is 43.5 Å². The van der Waals surface area contributed by atoms with Gasteiger partial charge >= 0.3 is 11.9 Å². The van der Waals surface area contributed by atoms with Gasteiger partial charge in [0.2, 0.25) is 0 Å². The number of hydrogen-bond donors (Lipinski definition) is 0. The summed E-state index contributed by atoms with van der Waals surface area (Å²) in [6.45, 7) is 9.88. The summed E-state index contributed by atoms with van der Waals surface area (Å²) in [5.74, 6) is -1.14. The van der Waals surface area contributed by atoms with Crippen molar-refractivity contribution in [3.8, 4) is 0 Å². The number of rotatable bonds is 10. The summed E-state index contributed by atoms with van der Waals surface area (Å²) in [6.07, 6.45) is 2.64. The molecule has 0 unspecified atom stereocenters. The summed E-state index contributed by atoms with van der Waals surface area (Å²) in [5, 5.41) is 2.96. The van der Waals surface area contributed by atoms with Crippen molar-refractivity contribution in [2.75, 3.05) is 26.1 Å². The number of halogens is 1. The standard InChI is InChI=1S/C19H25N3O2S.C5H7ClO3.CH4/c1-6-22(5)12-20-18-8-13(2)16(7-14(18)3)9-19-21-17(11-25-19)10-24-15(4)23;1-4(7)9-3-5(8)2-6;/h7-8,11-12H,6,9-10H2,1-5H3;2-3H2,1H3;1H4. The van der Waals surface area contributed by atoms with E-state index < -0.39 is 5.97 Å². The number of Topliss-reactive ketones (excluding diaryl/α,β-unsaturated/α-hetero) is 1. The molecule has 0 amide bonds. The molecule has 0 radical (unpaired) electrons. The first-order chi connectivity index (χ1) is 16.0. The number of benzene rings is 1. The van der Waals surface area contributed by atoms with Gasteiger partial charge in [0.25, 0.3) is 0 Å². The minimum absolute atomic E-state index is 0. The third-order valence-corrected chi connectivity index (χ3v) is 5.69. The van der Waals surface area contributed by atoms with Crippen LogP contribution in [0.3, 0.4) is 0 Å². The van der Waals surface area contributed by atoms with E-state index in [1.807, 2.05) is 23.7 Å². The second-order valence-corrected chi connectivity index (χ2v) is 8.74. The summed E-state index contributed by atoms with van der Waals surface area (Å²) < 4.78 is 9.31. The monoisotopic (exact) mass is 525 g/mol. The third kappa shape index (κ3) is 13.0. The Hall–Kier alpha value is -2.78. The molecule has 0 spiro atoms. The van der Waals surface area contributed by atoms with Crippen LogP contribution < -0.4 is 0 Å². The average Bonchev–Trinajstić information content (AvgIpc) is 3.24. The molecule has 0 saturated heterocycles. The first-order valence-electron chi connectivity index (χ1n) is 10.7. The van der Waals surface area contributed by atoms with Crippen molar-refractivity contribution < 1.29 is 23.9 Å². The Bertz CT molecular complexity index is 1010. The van der Waals surface area contributed by atoms with Crippen LogP contribution in [0.5, 0.6) is 0 Å². The highest BCUT2D eigenvalue weighted by atomic mass is 35.5. The number of carbonyl (C=O) groups is 3. The molecule has 0 aliphatic heterocycles. The number of carbonyl (C=O) groups excluding carboxylic acids is 3. The van der Waals surface area contributed by atoms with Gasteiger partial charge in [0.1, 0.15) is 6.61 Å². The van der Waals surface area contributed by atoms with Crippen molar-refractivity contribution in [1.82, 2.24) is 9.88 Å². The fraction of sp³-hybridized carbons (Fsp3) is 0.480. The number of aliphatic imine (C=N–C) groups is 1. The fourth-order valence-electron chi connectivity index (χ4n) is 2.49. The molecular weight excluding hydrogens is 490 g/mol. The quantitative estimate of drug-likeness (QED) is 0.186. The summed E-state index contributed by atoms with van der Waals surface area (Å²) in [6, 6.07) is 4.30. The lowest BCUT2D eigenvalue weighted by Crippen LogP contribution is -2.14. The van der Waals surface area contributed by atoms with E-state index in [1.165, 1.54) is 25.0 Å². The maximum Gasteiger partial charge on any atom is 0.303 e. The summed E-state index contributed by atoms with van der Waals surface area (Å²) in [5.41, 5.74) is 5.39. The minimum atomic E-state index is -0.464. The number of esters is 2. The largest absolute Gasteiger partial charge is 0.459 e. The van der Waals surface area contributed by atoms with E-state index in [4.69, 9.17) is 16.3 Å². The van der Waals surface area contributed by atoms with Crippen LogP contribution in [-0.2, 0) is 36.9 Å². The molecule has 2 rings (SSSR count). The Morgan fingerprint density at radius 1 is 1.14 bits per heavy atom. The van der Waals surface area contributed by atoms with Crippen LogP contribution in [0.15, 0.2) is 22.5 Å². The highest BCUT2D eigenvalue weighted by molar-refractivity contribution is 7.09. The topological polar surface area (TPSA) is 98.2 Å². The molecule has 1 heterocycles. The molecule has 0 fully saturated rings. The Kier molecular flexibility index (Phi) is 15.4. The van der Waals surface area contributed by atoms with Gasteiger partial charge in [-0.2, -0.15) is 0 Å². The van der Waals surface area contributed by atoms with E-state index in [1.54, 1.807) is 11.3 Å². The molecule has 0 saturated carbocycles. The maximum absolute atomic E-state index is 10.9. The van der Waals surface area contributed by atoms with Crippen LogP contribution in [0.1, 0.15) is 55.6 Å². The number of nitrogens with zero attached hydrogens (tertiary/aromatic N) is 3. The molecule has 0 aliphatic rings. The van der Waals surface area contributed by atoms with Crippen LogP contribution in [0.25, 0.3) is 0 Å². The minimum Gasteiger partial charge on any atom is -0.459 e. The number of ether oxygens (including phenoxy) is 2. The first kappa shape index (κ1) is 32.2. The van der Waals surface area contributed by atoms with Crippen molar-refractivity contribution in [2.24, 2.45) is 4.99 Å². The zero-order valence-corrected chi connectivity index (χ0v) is 22.1.